The maximum atomic E-state index is 4.87. The van der Waals surface area contributed by atoms with Gasteiger partial charge >= 0.3 is 0 Å². The molecule has 0 aliphatic heterocycles. The van der Waals surface area contributed by atoms with Gasteiger partial charge in [0, 0.05) is 0 Å². The molecule has 0 aromatic heterocycles. The zero-order chi connectivity index (χ0) is 5.82. The van der Waals surface area contributed by atoms with Crippen molar-refractivity contribution in [2.75, 3.05) is 6.61 Å². The summed E-state index contributed by atoms with van der Waals surface area (Å²) in [6.07, 6.45) is 5.86. The first-order chi connectivity index (χ1) is 3.93. The summed E-state index contributed by atoms with van der Waals surface area (Å²) in [5.41, 5.74) is 1.35. The molecule has 0 bridgehead atoms. The molecule has 0 unspecified atom stereocenters. The molecule has 0 saturated carbocycles. The minimum Gasteiger partial charge on any atom is -0.300 e. The van der Waals surface area contributed by atoms with Crippen LogP contribution in [0, 0.1) is 0 Å². The molecule has 0 saturated heterocycles. The number of hydrogen-bond donors (Lipinski definition) is 1. The molecule has 0 atom stereocenters. The zero-order valence-corrected chi connectivity index (χ0v) is 4.89. The molecule has 8 heavy (non-hydrogen) atoms. The molecule has 0 aromatic rings. The third kappa shape index (κ3) is 1.32. The normalized spacial score (nSPS) is 18.9. The second-order valence-electron chi connectivity index (χ2n) is 2.07. The number of hydrogen-bond acceptors (Lipinski definition) is 2. The molecular weight excluding hydrogens is 102 g/mol. The minimum atomic E-state index is 0.625. The monoisotopic (exact) mass is 113 g/mol. The van der Waals surface area contributed by atoms with Crippen LogP contribution in [0.2, 0.25) is 0 Å². The van der Waals surface area contributed by atoms with Gasteiger partial charge in [0.05, 0.1) is 6.61 Å². The van der Waals surface area contributed by atoms with Crippen molar-refractivity contribution in [2.24, 2.45) is 5.90 Å². The molecule has 0 heterocycles. The Labute approximate surface area is 49.3 Å². The van der Waals surface area contributed by atoms with Gasteiger partial charge in [0.25, 0.3) is 0 Å². The van der Waals surface area contributed by atoms with Gasteiger partial charge in [-0.3, -0.25) is 0 Å². The second-order valence-corrected chi connectivity index (χ2v) is 2.07. The molecule has 1 aliphatic carbocycles. The third-order valence-corrected chi connectivity index (χ3v) is 1.40. The van der Waals surface area contributed by atoms with Gasteiger partial charge in [0.15, 0.2) is 0 Å². The van der Waals surface area contributed by atoms with Gasteiger partial charge in [-0.25, -0.2) is 5.90 Å². The predicted octanol–water partition coefficient (Wildman–Crippen LogP) is 0.987. The summed E-state index contributed by atoms with van der Waals surface area (Å²) >= 11 is 0. The van der Waals surface area contributed by atoms with Gasteiger partial charge in [0.1, 0.15) is 0 Å². The fourth-order valence-electron chi connectivity index (χ4n) is 0.976. The highest BCUT2D eigenvalue weighted by Crippen LogP contribution is 2.16. The van der Waals surface area contributed by atoms with Gasteiger partial charge in [-0.05, 0) is 24.8 Å². The van der Waals surface area contributed by atoms with Crippen LogP contribution in [0.3, 0.4) is 0 Å². The van der Waals surface area contributed by atoms with Crippen LogP contribution in [0.25, 0.3) is 0 Å². The number of rotatable bonds is 2. The molecule has 1 rings (SSSR count). The summed E-state index contributed by atoms with van der Waals surface area (Å²) in [5.74, 6) is 4.87. The first-order valence-electron chi connectivity index (χ1n) is 2.93. The van der Waals surface area contributed by atoms with E-state index in [4.69, 9.17) is 5.90 Å². The Morgan fingerprint density at radius 2 is 2.62 bits per heavy atom. The average Bonchev–Trinajstić information content (AvgIpc) is 2.19. The van der Waals surface area contributed by atoms with Crippen molar-refractivity contribution in [2.45, 2.75) is 19.3 Å². The van der Waals surface area contributed by atoms with Crippen molar-refractivity contribution in [3.8, 4) is 0 Å². The molecule has 2 N–H and O–H groups in total. The van der Waals surface area contributed by atoms with Crippen molar-refractivity contribution in [1.82, 2.24) is 0 Å². The Morgan fingerprint density at radius 3 is 3.12 bits per heavy atom. The highest BCUT2D eigenvalue weighted by molar-refractivity contribution is 5.07. The Balaban J connectivity index is 2.23. The Bertz CT molecular complexity index is 98.7. The third-order valence-electron chi connectivity index (χ3n) is 1.40. The van der Waals surface area contributed by atoms with Crippen molar-refractivity contribution in [3.63, 3.8) is 0 Å². The van der Waals surface area contributed by atoms with Crippen LogP contribution in [0.4, 0.5) is 0 Å². The molecule has 0 aromatic carbocycles. The molecule has 0 radical (unpaired) electrons. The maximum Gasteiger partial charge on any atom is 0.0890 e. The van der Waals surface area contributed by atoms with E-state index in [1.165, 1.54) is 24.8 Å². The topological polar surface area (TPSA) is 35.2 Å². The fourth-order valence-corrected chi connectivity index (χ4v) is 0.976. The van der Waals surface area contributed by atoms with Crippen molar-refractivity contribution in [1.29, 1.82) is 0 Å². The molecule has 0 amide bonds. The molecule has 2 nitrogen and oxygen atoms in total. The Morgan fingerprint density at radius 1 is 1.75 bits per heavy atom. The first-order valence-corrected chi connectivity index (χ1v) is 2.93. The summed E-state index contributed by atoms with van der Waals surface area (Å²) < 4.78 is 0. The van der Waals surface area contributed by atoms with Gasteiger partial charge < -0.3 is 4.84 Å². The van der Waals surface area contributed by atoms with E-state index in [1.807, 2.05) is 0 Å². The van der Waals surface area contributed by atoms with E-state index in [1.54, 1.807) is 0 Å². The summed E-state index contributed by atoms with van der Waals surface area (Å²) in [6.45, 7) is 0.625. The SMILES string of the molecule is NOCC1=CCCC1. The van der Waals surface area contributed by atoms with Gasteiger partial charge in [-0.1, -0.05) is 6.08 Å². The summed E-state index contributed by atoms with van der Waals surface area (Å²) in [4.78, 5) is 4.46. The van der Waals surface area contributed by atoms with Crippen LogP contribution in [0.5, 0.6) is 0 Å². The van der Waals surface area contributed by atoms with Crippen LogP contribution >= 0.6 is 0 Å². The second kappa shape index (κ2) is 2.84. The molecule has 0 spiro atoms. The molecule has 0 fully saturated rings. The van der Waals surface area contributed by atoms with Crippen molar-refractivity contribution >= 4 is 0 Å². The molecule has 46 valence electrons. The van der Waals surface area contributed by atoms with E-state index in [0.717, 1.165) is 0 Å². The van der Waals surface area contributed by atoms with E-state index < -0.39 is 0 Å². The number of allylic oxidation sites excluding steroid dienone is 1. The molecular formula is C6H11NO. The summed E-state index contributed by atoms with van der Waals surface area (Å²) in [5, 5.41) is 0. The predicted molar refractivity (Wildman–Crippen MR) is 32.1 cm³/mol. The van der Waals surface area contributed by atoms with Crippen molar-refractivity contribution in [3.05, 3.63) is 11.6 Å². The minimum absolute atomic E-state index is 0.625. The fraction of sp³-hybridized carbons (Fsp3) is 0.667. The average molecular weight is 113 g/mol. The van der Waals surface area contributed by atoms with E-state index >= 15 is 0 Å². The van der Waals surface area contributed by atoms with Gasteiger partial charge in [0.2, 0.25) is 0 Å². The molecule has 1 aliphatic rings. The number of nitrogens with two attached hydrogens (primary N) is 1. The lowest BCUT2D eigenvalue weighted by atomic mass is 10.2. The molecule has 2 heteroatoms. The zero-order valence-electron chi connectivity index (χ0n) is 4.89. The Kier molecular flexibility index (Phi) is 2.06. The van der Waals surface area contributed by atoms with Crippen LogP contribution in [-0.2, 0) is 4.84 Å². The lowest BCUT2D eigenvalue weighted by molar-refractivity contribution is 0.160. The first kappa shape index (κ1) is 5.79. The smallest absolute Gasteiger partial charge is 0.0890 e. The van der Waals surface area contributed by atoms with Crippen LogP contribution in [0.1, 0.15) is 19.3 Å². The lowest BCUT2D eigenvalue weighted by Crippen LogP contribution is -2.01. The quantitative estimate of drug-likeness (QED) is 0.428. The van der Waals surface area contributed by atoms with E-state index in [2.05, 4.69) is 10.9 Å². The maximum absolute atomic E-state index is 4.87. The van der Waals surface area contributed by atoms with Crippen molar-refractivity contribution < 1.29 is 4.84 Å². The standard InChI is InChI=1S/C6H11NO/c7-8-5-6-3-1-2-4-6/h3H,1-2,4-5,7H2. The van der Waals surface area contributed by atoms with E-state index in [-0.39, 0.29) is 0 Å². The van der Waals surface area contributed by atoms with Crippen LogP contribution in [-0.4, -0.2) is 6.61 Å². The van der Waals surface area contributed by atoms with E-state index in [0.29, 0.717) is 6.61 Å². The largest absolute Gasteiger partial charge is 0.300 e. The van der Waals surface area contributed by atoms with Gasteiger partial charge in [-0.15, -0.1) is 0 Å². The van der Waals surface area contributed by atoms with E-state index in [9.17, 15) is 0 Å². The van der Waals surface area contributed by atoms with Crippen LogP contribution in [0.15, 0.2) is 11.6 Å². The summed E-state index contributed by atoms with van der Waals surface area (Å²) in [6, 6.07) is 0. The highest BCUT2D eigenvalue weighted by Gasteiger charge is 2.02. The highest BCUT2D eigenvalue weighted by atomic mass is 16.6. The van der Waals surface area contributed by atoms with Crippen LogP contribution < -0.4 is 5.90 Å². The lowest BCUT2D eigenvalue weighted by Gasteiger charge is -1.94. The van der Waals surface area contributed by atoms with Gasteiger partial charge in [-0.2, -0.15) is 0 Å². The summed E-state index contributed by atoms with van der Waals surface area (Å²) in [7, 11) is 0. The Hall–Kier alpha value is -0.340.